The van der Waals surface area contributed by atoms with Crippen molar-refractivity contribution in [1.82, 2.24) is 14.8 Å². The minimum atomic E-state index is -0.282. The third-order valence-electron chi connectivity index (χ3n) is 3.93. The first kappa shape index (κ1) is 17.1. The van der Waals surface area contributed by atoms with Crippen LogP contribution < -0.4 is 5.32 Å². The number of amides is 1. The molecule has 0 fully saturated rings. The molecule has 1 aromatic carbocycles. The van der Waals surface area contributed by atoms with Crippen molar-refractivity contribution in [3.8, 4) is 10.4 Å². The van der Waals surface area contributed by atoms with Gasteiger partial charge in [0.1, 0.15) is 5.82 Å². The van der Waals surface area contributed by atoms with Crippen LogP contribution in [0.2, 0.25) is 0 Å². The lowest BCUT2D eigenvalue weighted by Crippen LogP contribution is -2.11. The molecule has 4 rings (SSSR count). The molecule has 7 heteroatoms. The fourth-order valence-electron chi connectivity index (χ4n) is 2.60. The van der Waals surface area contributed by atoms with E-state index in [1.165, 1.54) is 23.5 Å². The van der Waals surface area contributed by atoms with Gasteiger partial charge < -0.3 is 5.32 Å². The van der Waals surface area contributed by atoms with Crippen LogP contribution in [0.5, 0.6) is 0 Å². The predicted molar refractivity (Wildman–Crippen MR) is 103 cm³/mol. The monoisotopic (exact) mass is 378 g/mol. The van der Waals surface area contributed by atoms with Crippen molar-refractivity contribution < 1.29 is 9.18 Å². The van der Waals surface area contributed by atoms with Crippen molar-refractivity contribution in [2.45, 2.75) is 6.54 Å². The highest BCUT2D eigenvalue weighted by Crippen LogP contribution is 2.28. The molecule has 1 amide bonds. The van der Waals surface area contributed by atoms with Crippen molar-refractivity contribution >= 4 is 23.1 Å². The summed E-state index contributed by atoms with van der Waals surface area (Å²) in [5.41, 5.74) is 1.95. The van der Waals surface area contributed by atoms with Gasteiger partial charge in [0.05, 0.1) is 11.4 Å². The lowest BCUT2D eigenvalue weighted by atomic mass is 10.2. The van der Waals surface area contributed by atoms with Gasteiger partial charge in [-0.25, -0.2) is 4.39 Å². The molecule has 27 heavy (non-hydrogen) atoms. The molecule has 0 bridgehead atoms. The Morgan fingerprint density at radius 3 is 2.59 bits per heavy atom. The Balaban J connectivity index is 1.43. The van der Waals surface area contributed by atoms with E-state index in [-0.39, 0.29) is 11.7 Å². The Labute approximate surface area is 159 Å². The van der Waals surface area contributed by atoms with Crippen molar-refractivity contribution in [1.29, 1.82) is 0 Å². The Morgan fingerprint density at radius 2 is 1.81 bits per heavy atom. The number of carbonyl (C=O) groups is 1. The highest BCUT2D eigenvalue weighted by molar-refractivity contribution is 7.17. The summed E-state index contributed by atoms with van der Waals surface area (Å²) in [4.78, 5) is 17.9. The molecule has 0 saturated heterocycles. The number of rotatable bonds is 5. The van der Waals surface area contributed by atoms with Crippen LogP contribution >= 0.6 is 11.3 Å². The summed E-state index contributed by atoms with van der Waals surface area (Å²) < 4.78 is 14.8. The number of pyridine rings is 1. The highest BCUT2D eigenvalue weighted by atomic mass is 32.1. The average Bonchev–Trinajstić information content (AvgIpc) is 3.33. The number of carbonyl (C=O) groups excluding carboxylic acids is 1. The number of nitrogens with zero attached hydrogens (tertiary/aromatic N) is 3. The second-order valence-electron chi connectivity index (χ2n) is 5.88. The fourth-order valence-corrected chi connectivity index (χ4v) is 3.51. The van der Waals surface area contributed by atoms with Crippen LogP contribution in [0, 0.1) is 5.82 Å². The third-order valence-corrected chi connectivity index (χ3v) is 5.07. The van der Waals surface area contributed by atoms with E-state index in [0.717, 1.165) is 16.0 Å². The number of halogens is 1. The topological polar surface area (TPSA) is 59.8 Å². The van der Waals surface area contributed by atoms with Gasteiger partial charge in [-0.15, -0.1) is 11.3 Å². The molecule has 0 atom stereocenters. The van der Waals surface area contributed by atoms with Gasteiger partial charge >= 0.3 is 0 Å². The van der Waals surface area contributed by atoms with Crippen LogP contribution in [0.1, 0.15) is 15.2 Å². The minimum absolute atomic E-state index is 0.220. The summed E-state index contributed by atoms with van der Waals surface area (Å²) in [5, 5.41) is 7.18. The molecule has 0 saturated carbocycles. The van der Waals surface area contributed by atoms with Crippen LogP contribution in [-0.2, 0) is 6.54 Å². The number of hydrogen-bond acceptors (Lipinski definition) is 4. The number of benzene rings is 1. The van der Waals surface area contributed by atoms with E-state index in [1.807, 2.05) is 24.4 Å². The largest absolute Gasteiger partial charge is 0.304 e. The first-order valence-electron chi connectivity index (χ1n) is 8.27. The quantitative estimate of drug-likeness (QED) is 0.558. The molecule has 0 aliphatic carbocycles. The fraction of sp³-hybridized carbons (Fsp3) is 0.0500. The number of nitrogens with one attached hydrogen (secondary N) is 1. The lowest BCUT2D eigenvalue weighted by molar-refractivity contribution is 0.103. The van der Waals surface area contributed by atoms with Crippen LogP contribution in [-0.4, -0.2) is 20.7 Å². The van der Waals surface area contributed by atoms with E-state index >= 15 is 0 Å². The summed E-state index contributed by atoms with van der Waals surface area (Å²) in [6.07, 6.45) is 5.28. The lowest BCUT2D eigenvalue weighted by Gasteiger charge is -2.02. The number of aromatic nitrogens is 3. The molecular formula is C20H15FN4OS. The molecule has 134 valence electrons. The molecule has 0 aliphatic heterocycles. The Bertz CT molecular complexity index is 1060. The average molecular weight is 378 g/mol. The van der Waals surface area contributed by atoms with E-state index < -0.39 is 0 Å². The van der Waals surface area contributed by atoms with E-state index in [0.29, 0.717) is 17.2 Å². The molecule has 0 radical (unpaired) electrons. The summed E-state index contributed by atoms with van der Waals surface area (Å²) in [6.45, 7) is 0.603. The third kappa shape index (κ3) is 4.09. The molecule has 4 aromatic rings. The van der Waals surface area contributed by atoms with Gasteiger partial charge in [-0.2, -0.15) is 5.10 Å². The smallest absolute Gasteiger partial charge is 0.266 e. The van der Waals surface area contributed by atoms with E-state index in [9.17, 15) is 9.18 Å². The molecule has 5 nitrogen and oxygen atoms in total. The van der Waals surface area contributed by atoms with E-state index in [2.05, 4.69) is 15.4 Å². The maximum Gasteiger partial charge on any atom is 0.266 e. The van der Waals surface area contributed by atoms with Crippen LogP contribution in [0.4, 0.5) is 10.2 Å². The maximum absolute atomic E-state index is 13.0. The molecule has 0 unspecified atom stereocenters. The van der Waals surface area contributed by atoms with Crippen molar-refractivity contribution in [3.63, 3.8) is 0 Å². The summed E-state index contributed by atoms with van der Waals surface area (Å²) >= 11 is 1.35. The van der Waals surface area contributed by atoms with Crippen LogP contribution in [0.25, 0.3) is 10.4 Å². The van der Waals surface area contributed by atoms with Crippen LogP contribution in [0.15, 0.2) is 73.2 Å². The number of anilines is 1. The first-order valence-corrected chi connectivity index (χ1v) is 9.08. The van der Waals surface area contributed by atoms with Gasteiger partial charge in [-0.1, -0.05) is 12.1 Å². The van der Waals surface area contributed by atoms with Gasteiger partial charge in [0.15, 0.2) is 5.82 Å². The van der Waals surface area contributed by atoms with Crippen molar-refractivity contribution in [2.75, 3.05) is 5.32 Å². The van der Waals surface area contributed by atoms with Crippen molar-refractivity contribution in [2.24, 2.45) is 0 Å². The molecule has 3 heterocycles. The van der Waals surface area contributed by atoms with Gasteiger partial charge in [0.25, 0.3) is 5.91 Å². The highest BCUT2D eigenvalue weighted by Gasteiger charge is 2.12. The van der Waals surface area contributed by atoms with Gasteiger partial charge in [-0.05, 0) is 47.5 Å². The maximum atomic E-state index is 13.0. The molecule has 1 N–H and O–H groups in total. The molecule has 3 aromatic heterocycles. The zero-order valence-corrected chi connectivity index (χ0v) is 15.0. The van der Waals surface area contributed by atoms with E-state index in [1.54, 1.807) is 41.3 Å². The van der Waals surface area contributed by atoms with Crippen LogP contribution in [0.3, 0.4) is 0 Å². The zero-order chi connectivity index (χ0) is 18.6. The van der Waals surface area contributed by atoms with Crippen molar-refractivity contribution in [3.05, 3.63) is 89.4 Å². The second kappa shape index (κ2) is 7.51. The second-order valence-corrected chi connectivity index (χ2v) is 6.96. The van der Waals surface area contributed by atoms with Gasteiger partial charge in [0, 0.05) is 29.5 Å². The summed E-state index contributed by atoms with van der Waals surface area (Å²) in [6, 6.07) is 15.4. The van der Waals surface area contributed by atoms with E-state index in [4.69, 9.17) is 0 Å². The number of hydrogen-bond donors (Lipinski definition) is 1. The Morgan fingerprint density at radius 1 is 1.04 bits per heavy atom. The Hall–Kier alpha value is -3.32. The van der Waals surface area contributed by atoms with Gasteiger partial charge in [-0.3, -0.25) is 14.5 Å². The SMILES string of the molecule is O=C(Nc1ccn(Cc2ccncc2)n1)c1ccc(-c2ccc(F)cc2)s1. The Kier molecular flexibility index (Phi) is 4.76. The summed E-state index contributed by atoms with van der Waals surface area (Å²) in [5.74, 6) is -0.0102. The minimum Gasteiger partial charge on any atom is -0.304 e. The molecule has 0 aliphatic rings. The summed E-state index contributed by atoms with van der Waals surface area (Å²) in [7, 11) is 0. The zero-order valence-electron chi connectivity index (χ0n) is 14.2. The first-order chi connectivity index (χ1) is 13.2. The normalized spacial score (nSPS) is 10.7. The number of thiophene rings is 1. The molecule has 0 spiro atoms. The molecular weight excluding hydrogens is 363 g/mol. The van der Waals surface area contributed by atoms with Gasteiger partial charge in [0.2, 0.25) is 0 Å². The standard InChI is InChI=1S/C20H15FN4OS/c21-16-3-1-15(2-4-16)17-5-6-18(27-17)20(26)23-19-9-12-25(24-19)13-14-7-10-22-11-8-14/h1-12H,13H2,(H,23,24,26). The predicted octanol–water partition coefficient (Wildman–Crippen LogP) is 4.45.